The summed E-state index contributed by atoms with van der Waals surface area (Å²) in [5, 5.41) is 23.4. The average Bonchev–Trinajstić information content (AvgIpc) is 2.40. The van der Waals surface area contributed by atoms with Gasteiger partial charge in [0.1, 0.15) is 5.75 Å². The third kappa shape index (κ3) is 5.17. The van der Waals surface area contributed by atoms with E-state index in [0.717, 1.165) is 31.7 Å². The van der Waals surface area contributed by atoms with Gasteiger partial charge in [0.15, 0.2) is 0 Å². The third-order valence-corrected chi connectivity index (χ3v) is 2.80. The van der Waals surface area contributed by atoms with Gasteiger partial charge in [-0.05, 0) is 24.6 Å². The highest BCUT2D eigenvalue weighted by Crippen LogP contribution is 2.21. The number of unbranched alkanes of at least 4 members (excludes halogenated alkanes) is 3. The van der Waals surface area contributed by atoms with Crippen molar-refractivity contribution in [2.75, 3.05) is 11.9 Å². The molecule has 0 unspecified atom stereocenters. The predicted octanol–water partition coefficient (Wildman–Crippen LogP) is 2.79. The van der Waals surface area contributed by atoms with Gasteiger partial charge in [0.05, 0.1) is 11.3 Å². The van der Waals surface area contributed by atoms with Gasteiger partial charge in [-0.1, -0.05) is 26.2 Å². The normalized spacial score (nSPS) is 10.1. The molecule has 0 aliphatic carbocycles. The molecule has 0 saturated carbocycles. The van der Waals surface area contributed by atoms with Crippen LogP contribution in [0.4, 0.5) is 10.5 Å². The summed E-state index contributed by atoms with van der Waals surface area (Å²) in [4.78, 5) is 22.6. The van der Waals surface area contributed by atoms with Crippen molar-refractivity contribution in [3.63, 3.8) is 0 Å². The standard InChI is InChI=1S/C14H20N2O4/c1-2-3-4-5-8-15-14(20)16-12-7-6-10(17)9-11(12)13(18)19/h6-7,9,17H,2-5,8H2,1H3,(H,18,19)(H2,15,16,20). The number of aromatic hydroxyl groups is 1. The second-order valence-electron chi connectivity index (χ2n) is 4.48. The van der Waals surface area contributed by atoms with E-state index >= 15 is 0 Å². The molecule has 4 N–H and O–H groups in total. The highest BCUT2D eigenvalue weighted by molar-refractivity contribution is 6.00. The molecule has 1 rings (SSSR count). The van der Waals surface area contributed by atoms with Crippen molar-refractivity contribution in [2.45, 2.75) is 32.6 Å². The molecular formula is C14H20N2O4. The molecule has 0 atom stereocenters. The molecule has 0 aromatic heterocycles. The predicted molar refractivity (Wildman–Crippen MR) is 76.2 cm³/mol. The fourth-order valence-corrected chi connectivity index (χ4v) is 1.74. The topological polar surface area (TPSA) is 98.7 Å². The fraction of sp³-hybridized carbons (Fsp3) is 0.429. The number of amides is 2. The summed E-state index contributed by atoms with van der Waals surface area (Å²) < 4.78 is 0. The van der Waals surface area contributed by atoms with Crippen molar-refractivity contribution in [3.05, 3.63) is 23.8 Å². The van der Waals surface area contributed by atoms with Crippen LogP contribution in [0.2, 0.25) is 0 Å². The lowest BCUT2D eigenvalue weighted by atomic mass is 10.1. The third-order valence-electron chi connectivity index (χ3n) is 2.80. The maximum atomic E-state index is 11.6. The molecule has 6 heteroatoms. The SMILES string of the molecule is CCCCCCNC(=O)Nc1ccc(O)cc1C(=O)O. The molecule has 0 spiro atoms. The quantitative estimate of drug-likeness (QED) is 0.456. The maximum absolute atomic E-state index is 11.6. The lowest BCUT2D eigenvalue weighted by Crippen LogP contribution is -2.30. The van der Waals surface area contributed by atoms with Crippen LogP contribution in [0.15, 0.2) is 18.2 Å². The first-order chi connectivity index (χ1) is 9.54. The molecule has 1 aromatic carbocycles. The Morgan fingerprint density at radius 1 is 1.20 bits per heavy atom. The molecule has 0 aliphatic heterocycles. The summed E-state index contributed by atoms with van der Waals surface area (Å²) in [5.41, 5.74) is 0.00694. The number of carbonyl (C=O) groups is 2. The average molecular weight is 280 g/mol. The Balaban J connectivity index is 2.51. The van der Waals surface area contributed by atoms with Crippen LogP contribution >= 0.6 is 0 Å². The molecule has 0 saturated heterocycles. The molecule has 2 amide bonds. The Morgan fingerprint density at radius 2 is 1.95 bits per heavy atom. The summed E-state index contributed by atoms with van der Waals surface area (Å²) >= 11 is 0. The van der Waals surface area contributed by atoms with E-state index in [1.165, 1.54) is 12.1 Å². The van der Waals surface area contributed by atoms with Crippen LogP contribution in [0, 0.1) is 0 Å². The first-order valence-electron chi connectivity index (χ1n) is 6.65. The minimum absolute atomic E-state index is 0.147. The number of phenols is 1. The van der Waals surface area contributed by atoms with Crippen molar-refractivity contribution in [1.29, 1.82) is 0 Å². The van der Waals surface area contributed by atoms with Crippen molar-refractivity contribution >= 4 is 17.7 Å². The van der Waals surface area contributed by atoms with E-state index in [4.69, 9.17) is 5.11 Å². The van der Waals surface area contributed by atoms with E-state index in [9.17, 15) is 14.7 Å². The number of urea groups is 1. The van der Waals surface area contributed by atoms with Gasteiger partial charge >= 0.3 is 12.0 Å². The summed E-state index contributed by atoms with van der Waals surface area (Å²) in [6.45, 7) is 2.66. The highest BCUT2D eigenvalue weighted by atomic mass is 16.4. The number of anilines is 1. The van der Waals surface area contributed by atoms with Gasteiger partial charge in [-0.3, -0.25) is 0 Å². The Kier molecular flexibility index (Phi) is 6.36. The van der Waals surface area contributed by atoms with Crippen LogP contribution in [0.5, 0.6) is 5.75 Å². The van der Waals surface area contributed by atoms with Crippen molar-refractivity contribution < 1.29 is 19.8 Å². The van der Waals surface area contributed by atoms with Crippen LogP contribution < -0.4 is 10.6 Å². The smallest absolute Gasteiger partial charge is 0.337 e. The lowest BCUT2D eigenvalue weighted by molar-refractivity contribution is 0.0697. The molecule has 1 aromatic rings. The van der Waals surface area contributed by atoms with Gasteiger partial charge in [0.25, 0.3) is 0 Å². The number of hydrogen-bond acceptors (Lipinski definition) is 3. The van der Waals surface area contributed by atoms with E-state index < -0.39 is 12.0 Å². The number of rotatable bonds is 7. The van der Waals surface area contributed by atoms with Crippen molar-refractivity contribution in [2.24, 2.45) is 0 Å². The van der Waals surface area contributed by atoms with Crippen LogP contribution in [0.1, 0.15) is 43.0 Å². The molecule has 0 heterocycles. The number of benzene rings is 1. The van der Waals surface area contributed by atoms with Gasteiger partial charge in [-0.25, -0.2) is 9.59 Å². The van der Waals surface area contributed by atoms with Gasteiger partial charge in [-0.15, -0.1) is 0 Å². The second kappa shape index (κ2) is 8.04. The van der Waals surface area contributed by atoms with Crippen LogP contribution in [-0.4, -0.2) is 28.8 Å². The number of carboxylic acid groups (broad SMARTS) is 1. The van der Waals surface area contributed by atoms with Gasteiger partial charge in [-0.2, -0.15) is 0 Å². The molecule has 6 nitrogen and oxygen atoms in total. The summed E-state index contributed by atoms with van der Waals surface area (Å²) in [6, 6.07) is 3.33. The maximum Gasteiger partial charge on any atom is 0.337 e. The van der Waals surface area contributed by atoms with E-state index in [-0.39, 0.29) is 17.0 Å². The summed E-state index contributed by atoms with van der Waals surface area (Å²) in [7, 11) is 0. The largest absolute Gasteiger partial charge is 0.508 e. The van der Waals surface area contributed by atoms with Gasteiger partial charge in [0, 0.05) is 6.54 Å². The zero-order valence-corrected chi connectivity index (χ0v) is 11.5. The van der Waals surface area contributed by atoms with Crippen molar-refractivity contribution in [3.8, 4) is 5.75 Å². The Labute approximate surface area is 117 Å². The molecule has 0 radical (unpaired) electrons. The second-order valence-corrected chi connectivity index (χ2v) is 4.48. The molecule has 0 bridgehead atoms. The molecule has 0 aliphatic rings. The molecular weight excluding hydrogens is 260 g/mol. The molecule has 20 heavy (non-hydrogen) atoms. The van der Waals surface area contributed by atoms with Gasteiger partial charge < -0.3 is 20.8 Å². The lowest BCUT2D eigenvalue weighted by Gasteiger charge is -2.10. The summed E-state index contributed by atoms with van der Waals surface area (Å²) in [5.74, 6) is -1.37. The van der Waals surface area contributed by atoms with Crippen LogP contribution in [-0.2, 0) is 0 Å². The number of nitrogens with one attached hydrogen (secondary N) is 2. The van der Waals surface area contributed by atoms with E-state index in [1.807, 2.05) is 0 Å². The highest BCUT2D eigenvalue weighted by Gasteiger charge is 2.13. The minimum atomic E-state index is -1.21. The molecule has 0 fully saturated rings. The zero-order chi connectivity index (χ0) is 15.0. The monoisotopic (exact) mass is 280 g/mol. The number of carboxylic acids is 1. The zero-order valence-electron chi connectivity index (χ0n) is 11.5. The van der Waals surface area contributed by atoms with E-state index in [0.29, 0.717) is 6.54 Å². The number of phenolic OH excluding ortho intramolecular Hbond substituents is 1. The summed E-state index contributed by atoms with van der Waals surface area (Å²) in [6.07, 6.45) is 4.20. The van der Waals surface area contributed by atoms with Gasteiger partial charge in [0.2, 0.25) is 0 Å². The van der Waals surface area contributed by atoms with Crippen LogP contribution in [0.3, 0.4) is 0 Å². The minimum Gasteiger partial charge on any atom is -0.508 e. The molecule has 110 valence electrons. The Morgan fingerprint density at radius 3 is 2.60 bits per heavy atom. The first kappa shape index (κ1) is 15.8. The Bertz CT molecular complexity index is 474. The fourth-order valence-electron chi connectivity index (χ4n) is 1.74. The Hall–Kier alpha value is -2.24. The van der Waals surface area contributed by atoms with E-state index in [2.05, 4.69) is 17.6 Å². The first-order valence-corrected chi connectivity index (χ1v) is 6.65. The van der Waals surface area contributed by atoms with Crippen molar-refractivity contribution in [1.82, 2.24) is 5.32 Å². The number of hydrogen-bond donors (Lipinski definition) is 4. The number of carbonyl (C=O) groups excluding carboxylic acids is 1. The number of aromatic carboxylic acids is 1. The van der Waals surface area contributed by atoms with E-state index in [1.54, 1.807) is 0 Å². The van der Waals surface area contributed by atoms with Crippen LogP contribution in [0.25, 0.3) is 0 Å².